The van der Waals surface area contributed by atoms with Gasteiger partial charge in [-0.15, -0.1) is 0 Å². The minimum absolute atomic E-state index is 0. The van der Waals surface area contributed by atoms with Gasteiger partial charge >= 0.3 is 24.8 Å². The van der Waals surface area contributed by atoms with Crippen molar-refractivity contribution in [3.63, 3.8) is 0 Å². The summed E-state index contributed by atoms with van der Waals surface area (Å²) in [6, 6.07) is 3.51. The average molecular weight is 279 g/mol. The molecule has 2 unspecified atom stereocenters. The fourth-order valence-electron chi connectivity index (χ4n) is 2.17. The number of hydrogen-bond donors (Lipinski definition) is 2. The van der Waals surface area contributed by atoms with Crippen LogP contribution in [0.5, 0.6) is 5.75 Å². The number of halogens is 2. The Balaban J connectivity index is 0.00000200. The minimum Gasteiger partial charge on any atom is -1.00 e. The molecule has 0 aliphatic carbocycles. The molecule has 1 aromatic rings. The monoisotopic (exact) mass is 279 g/mol. The molecule has 0 spiro atoms. The van der Waals surface area contributed by atoms with E-state index in [-0.39, 0.29) is 32.8 Å². The Hall–Kier alpha value is -1.09. The van der Waals surface area contributed by atoms with Crippen LogP contribution in [-0.4, -0.2) is 30.8 Å². The molecule has 1 aromatic carbocycles. The summed E-state index contributed by atoms with van der Waals surface area (Å²) in [7, 11) is 0. The van der Waals surface area contributed by atoms with E-state index >= 15 is 0 Å². The van der Waals surface area contributed by atoms with Gasteiger partial charge in [-0.3, -0.25) is 4.79 Å². The van der Waals surface area contributed by atoms with Gasteiger partial charge in [0, 0.05) is 19.0 Å². The largest absolute Gasteiger partial charge is 1.00 e. The molecule has 0 amide bonds. The van der Waals surface area contributed by atoms with Crippen molar-refractivity contribution in [2.45, 2.75) is 6.42 Å². The maximum absolute atomic E-state index is 13.3. The van der Waals surface area contributed by atoms with E-state index in [1.54, 1.807) is 0 Å². The standard InChI is InChI=1S/C13H15F2NO3.Li.H/c14-10-2-1-3-11(15)12(10)19-7-8-4-9(13(17)18)6-16-5-8;;/h1-3,8-9,16H,4-7H2,(H,17,18);;/q;+1;-1. The van der Waals surface area contributed by atoms with Crippen molar-refractivity contribution < 1.29 is 43.7 Å². The normalized spacial score (nSPS) is 21.9. The Bertz CT molecular complexity index is 458. The second-order valence-corrected chi connectivity index (χ2v) is 4.66. The number of rotatable bonds is 4. The molecule has 0 aromatic heterocycles. The van der Waals surface area contributed by atoms with Crippen LogP contribution in [-0.2, 0) is 4.79 Å². The van der Waals surface area contributed by atoms with Crippen LogP contribution in [0, 0.1) is 23.5 Å². The summed E-state index contributed by atoms with van der Waals surface area (Å²) in [5.74, 6) is -3.33. The molecule has 0 saturated carbocycles. The van der Waals surface area contributed by atoms with Crippen molar-refractivity contribution in [3.8, 4) is 5.75 Å². The second kappa shape index (κ2) is 7.63. The third-order valence-electron chi connectivity index (χ3n) is 3.17. The molecule has 7 heteroatoms. The Morgan fingerprint density at radius 1 is 1.40 bits per heavy atom. The van der Waals surface area contributed by atoms with Crippen LogP contribution in [0.4, 0.5) is 8.78 Å². The summed E-state index contributed by atoms with van der Waals surface area (Å²) < 4.78 is 31.8. The van der Waals surface area contributed by atoms with E-state index in [0.29, 0.717) is 19.5 Å². The van der Waals surface area contributed by atoms with Gasteiger partial charge < -0.3 is 16.6 Å². The van der Waals surface area contributed by atoms with Crippen LogP contribution in [0.3, 0.4) is 0 Å². The molecule has 4 nitrogen and oxygen atoms in total. The van der Waals surface area contributed by atoms with Gasteiger partial charge in [0.05, 0.1) is 12.5 Å². The van der Waals surface area contributed by atoms with Crippen LogP contribution in [0.2, 0.25) is 0 Å². The maximum Gasteiger partial charge on any atom is 1.00 e. The van der Waals surface area contributed by atoms with Crippen molar-refractivity contribution in [2.24, 2.45) is 11.8 Å². The molecular weight excluding hydrogens is 263 g/mol. The first-order valence-corrected chi connectivity index (χ1v) is 6.08. The van der Waals surface area contributed by atoms with Gasteiger partial charge in [-0.05, 0) is 18.6 Å². The molecule has 0 radical (unpaired) electrons. The van der Waals surface area contributed by atoms with Gasteiger partial charge in [0.2, 0.25) is 0 Å². The van der Waals surface area contributed by atoms with Gasteiger partial charge in [0.25, 0.3) is 0 Å². The Morgan fingerprint density at radius 3 is 2.65 bits per heavy atom. The average Bonchev–Trinajstić information content (AvgIpc) is 2.38. The third kappa shape index (κ3) is 4.20. The summed E-state index contributed by atoms with van der Waals surface area (Å²) in [4.78, 5) is 10.9. The van der Waals surface area contributed by atoms with E-state index in [0.717, 1.165) is 12.1 Å². The quantitative estimate of drug-likeness (QED) is 0.678. The summed E-state index contributed by atoms with van der Waals surface area (Å²) in [5, 5.41) is 11.9. The number of benzene rings is 1. The number of carbonyl (C=O) groups is 1. The van der Waals surface area contributed by atoms with Crippen molar-refractivity contribution in [1.29, 1.82) is 0 Å². The molecule has 1 saturated heterocycles. The van der Waals surface area contributed by atoms with Gasteiger partial charge in [0.1, 0.15) is 0 Å². The fraction of sp³-hybridized carbons (Fsp3) is 0.462. The predicted octanol–water partition coefficient (Wildman–Crippen LogP) is -1.23. The smallest absolute Gasteiger partial charge is 1.00 e. The zero-order valence-electron chi connectivity index (χ0n) is 12.2. The number of aliphatic carboxylic acids is 1. The molecule has 2 rings (SSSR count). The van der Waals surface area contributed by atoms with Gasteiger partial charge in [-0.25, -0.2) is 8.78 Å². The number of hydrogen-bond acceptors (Lipinski definition) is 3. The Labute approximate surface area is 129 Å². The van der Waals surface area contributed by atoms with Crippen LogP contribution in [0.15, 0.2) is 18.2 Å². The maximum atomic E-state index is 13.3. The molecule has 1 heterocycles. The van der Waals surface area contributed by atoms with Crippen LogP contribution >= 0.6 is 0 Å². The first-order chi connectivity index (χ1) is 9.08. The number of piperidine rings is 1. The van der Waals surface area contributed by atoms with Crippen LogP contribution < -0.4 is 28.9 Å². The van der Waals surface area contributed by atoms with Crippen molar-refractivity contribution >= 4 is 5.97 Å². The van der Waals surface area contributed by atoms with E-state index in [1.807, 2.05) is 0 Å². The molecular formula is C13H16F2LiNO3. The van der Waals surface area contributed by atoms with E-state index in [9.17, 15) is 13.6 Å². The molecule has 0 bridgehead atoms. The number of ether oxygens (including phenoxy) is 1. The zero-order valence-corrected chi connectivity index (χ0v) is 11.2. The Kier molecular flexibility index (Phi) is 6.47. The topological polar surface area (TPSA) is 58.6 Å². The van der Waals surface area contributed by atoms with Crippen molar-refractivity contribution in [3.05, 3.63) is 29.8 Å². The summed E-state index contributed by atoms with van der Waals surface area (Å²) in [5.41, 5.74) is 0. The molecule has 1 fully saturated rings. The number of nitrogens with one attached hydrogen (secondary N) is 1. The van der Waals surface area contributed by atoms with E-state index in [4.69, 9.17) is 9.84 Å². The molecule has 2 atom stereocenters. The second-order valence-electron chi connectivity index (χ2n) is 4.66. The van der Waals surface area contributed by atoms with Crippen LogP contribution in [0.25, 0.3) is 0 Å². The molecule has 106 valence electrons. The minimum atomic E-state index is -0.866. The number of carboxylic acid groups (broad SMARTS) is 1. The number of carboxylic acids is 1. The zero-order chi connectivity index (χ0) is 13.8. The van der Waals surface area contributed by atoms with Gasteiger partial charge in [-0.2, -0.15) is 0 Å². The first-order valence-electron chi connectivity index (χ1n) is 6.08. The third-order valence-corrected chi connectivity index (χ3v) is 3.17. The van der Waals surface area contributed by atoms with Gasteiger partial charge in [-0.1, -0.05) is 6.07 Å². The molecule has 2 N–H and O–H groups in total. The molecule has 1 aliphatic rings. The van der Waals surface area contributed by atoms with E-state index in [2.05, 4.69) is 5.32 Å². The SMILES string of the molecule is O=C(O)C1CNCC(COc2c(F)cccc2F)C1.[H-].[Li+]. The summed E-state index contributed by atoms with van der Waals surface area (Å²) >= 11 is 0. The Morgan fingerprint density at radius 2 is 2.05 bits per heavy atom. The van der Waals surface area contributed by atoms with Crippen molar-refractivity contribution in [1.82, 2.24) is 5.32 Å². The summed E-state index contributed by atoms with van der Waals surface area (Å²) in [6.45, 7) is 1.09. The van der Waals surface area contributed by atoms with E-state index < -0.39 is 29.3 Å². The van der Waals surface area contributed by atoms with Crippen molar-refractivity contribution in [2.75, 3.05) is 19.7 Å². The van der Waals surface area contributed by atoms with Crippen LogP contribution in [0.1, 0.15) is 7.85 Å². The van der Waals surface area contributed by atoms with Gasteiger partial charge in [0.15, 0.2) is 17.4 Å². The molecule has 20 heavy (non-hydrogen) atoms. The number of para-hydroxylation sites is 1. The molecule has 1 aliphatic heterocycles. The van der Waals surface area contributed by atoms with E-state index in [1.165, 1.54) is 6.07 Å². The first kappa shape index (κ1) is 17.0. The predicted molar refractivity (Wildman–Crippen MR) is 65.1 cm³/mol. The fourth-order valence-corrected chi connectivity index (χ4v) is 2.17. The summed E-state index contributed by atoms with van der Waals surface area (Å²) in [6.07, 6.45) is 0.443.